The Kier molecular flexibility index (Phi) is 5.17. The average molecular weight is 377 g/mol. The topological polar surface area (TPSA) is 89.3 Å². The van der Waals surface area contributed by atoms with Gasteiger partial charge in [-0.1, -0.05) is 12.1 Å². The van der Waals surface area contributed by atoms with Gasteiger partial charge in [0.05, 0.1) is 10.1 Å². The third kappa shape index (κ3) is 4.42. The number of nitrogens with one attached hydrogen (secondary N) is 1. The Morgan fingerprint density at radius 3 is 2.68 bits per heavy atom. The third-order valence-electron chi connectivity index (χ3n) is 4.18. The van der Waals surface area contributed by atoms with Crippen molar-refractivity contribution in [2.24, 2.45) is 5.14 Å². The number of carbonyl (C=O) groups excluding carboxylic acids is 1. The molecule has 0 saturated carbocycles. The molecule has 7 heteroatoms. The molecule has 1 amide bonds. The summed E-state index contributed by atoms with van der Waals surface area (Å²) in [4.78, 5) is 13.4. The maximum Gasteiger partial charge on any atom is 0.238 e. The van der Waals surface area contributed by atoms with Crippen molar-refractivity contribution in [1.29, 1.82) is 0 Å². The van der Waals surface area contributed by atoms with Crippen LogP contribution in [-0.2, 0) is 27.7 Å². The number of carbonyl (C=O) groups is 1. The summed E-state index contributed by atoms with van der Waals surface area (Å²) < 4.78 is 22.8. The maximum absolute atomic E-state index is 12.4. The Hall–Kier alpha value is -1.83. The molecule has 1 atom stereocenters. The highest BCUT2D eigenvalue weighted by Crippen LogP contribution is 2.30. The van der Waals surface area contributed by atoms with Crippen molar-refractivity contribution >= 4 is 33.4 Å². The summed E-state index contributed by atoms with van der Waals surface area (Å²) in [5, 5.41) is 7.56. The monoisotopic (exact) mass is 376 g/mol. The molecule has 2 aromatic carbocycles. The molecule has 1 aliphatic rings. The van der Waals surface area contributed by atoms with E-state index >= 15 is 0 Å². The maximum atomic E-state index is 12.4. The van der Waals surface area contributed by atoms with Crippen molar-refractivity contribution < 1.29 is 13.2 Å². The van der Waals surface area contributed by atoms with E-state index in [1.165, 1.54) is 41.4 Å². The van der Waals surface area contributed by atoms with Crippen LogP contribution in [0.5, 0.6) is 0 Å². The van der Waals surface area contributed by atoms with Crippen molar-refractivity contribution in [2.45, 2.75) is 41.2 Å². The molecule has 0 aliphatic heterocycles. The lowest BCUT2D eigenvalue weighted by Crippen LogP contribution is -2.22. The van der Waals surface area contributed by atoms with Gasteiger partial charge in [0.2, 0.25) is 15.9 Å². The normalized spacial score (nSPS) is 14.8. The van der Waals surface area contributed by atoms with Gasteiger partial charge in [-0.25, -0.2) is 13.6 Å². The first-order valence-corrected chi connectivity index (χ1v) is 10.5. The van der Waals surface area contributed by atoms with Crippen LogP contribution in [0.3, 0.4) is 0 Å². The van der Waals surface area contributed by atoms with Gasteiger partial charge in [-0.3, -0.25) is 4.79 Å². The Morgan fingerprint density at radius 2 is 1.92 bits per heavy atom. The molecule has 0 fully saturated rings. The zero-order valence-electron chi connectivity index (χ0n) is 13.9. The van der Waals surface area contributed by atoms with Crippen LogP contribution in [-0.4, -0.2) is 19.6 Å². The molecule has 0 saturated heterocycles. The van der Waals surface area contributed by atoms with Gasteiger partial charge in [-0.15, -0.1) is 11.8 Å². The minimum absolute atomic E-state index is 0.0239. The fourth-order valence-corrected chi connectivity index (χ4v) is 4.36. The average Bonchev–Trinajstić information content (AvgIpc) is 3.02. The van der Waals surface area contributed by atoms with E-state index in [0.29, 0.717) is 5.69 Å². The molecule has 3 rings (SSSR count). The standard InChI is InChI=1S/C18H20N2O3S2/c1-12(24-16-9-8-13-4-2-5-14(13)10-16)18(21)20-15-6-3-7-17(11-15)25(19,22)23/h3,6-12H,2,4-5H2,1H3,(H,20,21)(H2,19,22,23)/t12-/m0/s1. The Labute approximate surface area is 152 Å². The predicted octanol–water partition coefficient (Wildman–Crippen LogP) is 2.94. The predicted molar refractivity (Wildman–Crippen MR) is 100 cm³/mol. The van der Waals surface area contributed by atoms with Crippen molar-refractivity contribution in [3.05, 3.63) is 53.6 Å². The van der Waals surface area contributed by atoms with Gasteiger partial charge in [0.15, 0.2) is 0 Å². The summed E-state index contributed by atoms with van der Waals surface area (Å²) in [7, 11) is -3.79. The van der Waals surface area contributed by atoms with Gasteiger partial charge in [-0.2, -0.15) is 0 Å². The minimum Gasteiger partial charge on any atom is -0.325 e. The molecule has 3 N–H and O–H groups in total. The van der Waals surface area contributed by atoms with Crippen LogP contribution < -0.4 is 10.5 Å². The lowest BCUT2D eigenvalue weighted by Gasteiger charge is -2.13. The first-order chi connectivity index (χ1) is 11.8. The molecule has 132 valence electrons. The molecule has 0 radical (unpaired) electrons. The highest BCUT2D eigenvalue weighted by atomic mass is 32.2. The molecule has 25 heavy (non-hydrogen) atoms. The van der Waals surface area contributed by atoms with E-state index in [0.717, 1.165) is 17.7 Å². The summed E-state index contributed by atoms with van der Waals surface area (Å²) in [5.41, 5.74) is 3.19. The molecule has 1 aliphatic carbocycles. The molecule has 0 heterocycles. The van der Waals surface area contributed by atoms with E-state index in [9.17, 15) is 13.2 Å². The number of anilines is 1. The van der Waals surface area contributed by atoms with Gasteiger partial charge >= 0.3 is 0 Å². The summed E-state index contributed by atoms with van der Waals surface area (Å²) in [5.74, 6) is -0.183. The number of fused-ring (bicyclic) bond motifs is 1. The molecule has 0 bridgehead atoms. The molecule has 2 aromatic rings. The third-order valence-corrected chi connectivity index (χ3v) is 6.19. The number of nitrogens with two attached hydrogens (primary N) is 1. The smallest absolute Gasteiger partial charge is 0.238 e. The fourth-order valence-electron chi connectivity index (χ4n) is 2.87. The number of aryl methyl sites for hydroxylation is 2. The summed E-state index contributed by atoms with van der Waals surface area (Å²) in [6.45, 7) is 1.83. The van der Waals surface area contributed by atoms with E-state index < -0.39 is 10.0 Å². The van der Waals surface area contributed by atoms with Gasteiger partial charge in [0.1, 0.15) is 0 Å². The molecular weight excluding hydrogens is 356 g/mol. The second kappa shape index (κ2) is 7.19. The number of primary sulfonamides is 1. The van der Waals surface area contributed by atoms with E-state index in [1.807, 2.05) is 6.92 Å². The number of hydrogen-bond donors (Lipinski definition) is 2. The number of sulfonamides is 1. The highest BCUT2D eigenvalue weighted by molar-refractivity contribution is 8.00. The van der Waals surface area contributed by atoms with E-state index in [1.54, 1.807) is 12.1 Å². The largest absolute Gasteiger partial charge is 0.325 e. The van der Waals surface area contributed by atoms with E-state index in [-0.39, 0.29) is 16.1 Å². The minimum atomic E-state index is -3.79. The van der Waals surface area contributed by atoms with Crippen LogP contribution in [0.25, 0.3) is 0 Å². The number of thioether (sulfide) groups is 1. The lowest BCUT2D eigenvalue weighted by molar-refractivity contribution is -0.115. The van der Waals surface area contributed by atoms with Crippen LogP contribution in [0.1, 0.15) is 24.5 Å². The van der Waals surface area contributed by atoms with Crippen molar-refractivity contribution in [1.82, 2.24) is 0 Å². The first kappa shape index (κ1) is 18.0. The van der Waals surface area contributed by atoms with E-state index in [4.69, 9.17) is 5.14 Å². The van der Waals surface area contributed by atoms with Gasteiger partial charge in [0.25, 0.3) is 0 Å². The number of hydrogen-bond acceptors (Lipinski definition) is 4. The molecule has 0 unspecified atom stereocenters. The van der Waals surface area contributed by atoms with Crippen LogP contribution in [0.15, 0.2) is 52.3 Å². The summed E-state index contributed by atoms with van der Waals surface area (Å²) >= 11 is 1.49. The number of amides is 1. The van der Waals surface area contributed by atoms with Crippen molar-refractivity contribution in [2.75, 3.05) is 5.32 Å². The molecule has 5 nitrogen and oxygen atoms in total. The number of rotatable bonds is 5. The lowest BCUT2D eigenvalue weighted by atomic mass is 10.1. The second-order valence-corrected chi connectivity index (χ2v) is 9.08. The van der Waals surface area contributed by atoms with Gasteiger partial charge in [0, 0.05) is 10.6 Å². The number of benzene rings is 2. The first-order valence-electron chi connectivity index (χ1n) is 8.05. The zero-order valence-corrected chi connectivity index (χ0v) is 15.5. The van der Waals surface area contributed by atoms with Gasteiger partial charge < -0.3 is 5.32 Å². The van der Waals surface area contributed by atoms with E-state index in [2.05, 4.69) is 23.5 Å². The second-order valence-electron chi connectivity index (χ2n) is 6.11. The van der Waals surface area contributed by atoms with Crippen molar-refractivity contribution in [3.63, 3.8) is 0 Å². The van der Waals surface area contributed by atoms with Gasteiger partial charge in [-0.05, 0) is 67.6 Å². The van der Waals surface area contributed by atoms with Crippen LogP contribution in [0.2, 0.25) is 0 Å². The summed E-state index contributed by atoms with van der Waals surface area (Å²) in [6, 6.07) is 12.3. The summed E-state index contributed by atoms with van der Waals surface area (Å²) in [6.07, 6.45) is 3.43. The molecule has 0 aromatic heterocycles. The zero-order chi connectivity index (χ0) is 18.0. The van der Waals surface area contributed by atoms with Crippen LogP contribution in [0.4, 0.5) is 5.69 Å². The SMILES string of the molecule is C[C@H](Sc1ccc2c(c1)CCC2)C(=O)Nc1cccc(S(N)(=O)=O)c1. The van der Waals surface area contributed by atoms with Crippen LogP contribution in [0, 0.1) is 0 Å². The fraction of sp³-hybridized carbons (Fsp3) is 0.278. The van der Waals surface area contributed by atoms with Crippen molar-refractivity contribution in [3.8, 4) is 0 Å². The molecule has 0 spiro atoms. The Morgan fingerprint density at radius 1 is 1.16 bits per heavy atom. The Bertz CT molecular complexity index is 910. The van der Waals surface area contributed by atoms with Crippen LogP contribution >= 0.6 is 11.8 Å². The Balaban J connectivity index is 1.67. The highest BCUT2D eigenvalue weighted by Gasteiger charge is 2.17. The quantitative estimate of drug-likeness (QED) is 0.785. The molecular formula is C18H20N2O3S2.